The van der Waals surface area contributed by atoms with Gasteiger partial charge in [0.05, 0.1) is 17.7 Å². The van der Waals surface area contributed by atoms with E-state index in [1.807, 2.05) is 16.9 Å². The van der Waals surface area contributed by atoms with E-state index in [4.69, 9.17) is 0 Å². The molecule has 0 bridgehead atoms. The molecule has 0 N–H and O–H groups in total. The van der Waals surface area contributed by atoms with Crippen LogP contribution in [0.4, 0.5) is 0 Å². The molecule has 8 heteroatoms. The van der Waals surface area contributed by atoms with Gasteiger partial charge in [0.25, 0.3) is 11.8 Å². The molecular formula is C19H21N5O3. The fourth-order valence-electron chi connectivity index (χ4n) is 3.52. The van der Waals surface area contributed by atoms with Crippen LogP contribution in [0, 0.1) is 0 Å². The van der Waals surface area contributed by atoms with Crippen LogP contribution in [-0.4, -0.2) is 81.5 Å². The minimum atomic E-state index is -0.387. The summed E-state index contributed by atoms with van der Waals surface area (Å²) in [7, 11) is 0. The SMILES string of the molecule is O=C(CN1C(=O)c2ccccc2C1=O)N1CCN(CCn2cccn2)CC1. The lowest BCUT2D eigenvalue weighted by Crippen LogP contribution is -2.52. The zero-order valence-corrected chi connectivity index (χ0v) is 15.0. The van der Waals surface area contributed by atoms with Crippen LogP contribution < -0.4 is 0 Å². The average molecular weight is 367 g/mol. The molecule has 1 saturated heterocycles. The van der Waals surface area contributed by atoms with Crippen LogP contribution >= 0.6 is 0 Å². The maximum atomic E-state index is 12.6. The van der Waals surface area contributed by atoms with E-state index >= 15 is 0 Å². The Kier molecular flexibility index (Phi) is 4.72. The first-order chi connectivity index (χ1) is 13.1. The summed E-state index contributed by atoms with van der Waals surface area (Å²) in [6, 6.07) is 8.59. The number of carbonyl (C=O) groups is 3. The molecule has 1 aromatic heterocycles. The van der Waals surface area contributed by atoms with E-state index in [1.165, 1.54) is 0 Å². The van der Waals surface area contributed by atoms with Gasteiger partial charge in [0, 0.05) is 45.1 Å². The van der Waals surface area contributed by atoms with Crippen LogP contribution in [0.25, 0.3) is 0 Å². The highest BCUT2D eigenvalue weighted by molar-refractivity contribution is 6.22. The van der Waals surface area contributed by atoms with Gasteiger partial charge in [-0.25, -0.2) is 0 Å². The second-order valence-electron chi connectivity index (χ2n) is 6.73. The number of imide groups is 1. The maximum Gasteiger partial charge on any atom is 0.262 e. The molecule has 0 aliphatic carbocycles. The molecular weight excluding hydrogens is 346 g/mol. The van der Waals surface area contributed by atoms with Crippen LogP contribution in [0.15, 0.2) is 42.7 Å². The van der Waals surface area contributed by atoms with Gasteiger partial charge in [0.1, 0.15) is 6.54 Å². The van der Waals surface area contributed by atoms with Gasteiger partial charge in [0.15, 0.2) is 0 Å². The topological polar surface area (TPSA) is 78.8 Å². The Morgan fingerprint density at radius 1 is 0.926 bits per heavy atom. The first-order valence-corrected chi connectivity index (χ1v) is 9.06. The minimum Gasteiger partial charge on any atom is -0.339 e. The quantitative estimate of drug-likeness (QED) is 0.712. The lowest BCUT2D eigenvalue weighted by atomic mass is 10.1. The highest BCUT2D eigenvalue weighted by Gasteiger charge is 2.37. The number of carbonyl (C=O) groups excluding carboxylic acids is 3. The lowest BCUT2D eigenvalue weighted by Gasteiger charge is -2.35. The third-order valence-electron chi connectivity index (χ3n) is 5.10. The van der Waals surface area contributed by atoms with Crippen molar-refractivity contribution >= 4 is 17.7 Å². The average Bonchev–Trinajstić information content (AvgIpc) is 3.30. The van der Waals surface area contributed by atoms with E-state index in [-0.39, 0.29) is 24.3 Å². The third-order valence-corrected chi connectivity index (χ3v) is 5.10. The molecule has 2 aromatic rings. The highest BCUT2D eigenvalue weighted by atomic mass is 16.2. The molecule has 0 saturated carbocycles. The molecule has 0 unspecified atom stereocenters. The number of nitrogens with zero attached hydrogens (tertiary/aromatic N) is 5. The predicted molar refractivity (Wildman–Crippen MR) is 97.1 cm³/mol. The Bertz CT molecular complexity index is 821. The zero-order valence-electron chi connectivity index (χ0n) is 15.0. The number of fused-ring (bicyclic) bond motifs is 1. The molecule has 27 heavy (non-hydrogen) atoms. The number of rotatable bonds is 5. The van der Waals surface area contributed by atoms with Crippen molar-refractivity contribution in [2.75, 3.05) is 39.3 Å². The first kappa shape index (κ1) is 17.4. The Morgan fingerprint density at radius 3 is 2.19 bits per heavy atom. The summed E-state index contributed by atoms with van der Waals surface area (Å²) >= 11 is 0. The van der Waals surface area contributed by atoms with Crippen LogP contribution in [0.5, 0.6) is 0 Å². The molecule has 1 aromatic carbocycles. The summed E-state index contributed by atoms with van der Waals surface area (Å²) in [5.41, 5.74) is 0.748. The fraction of sp³-hybridized carbons (Fsp3) is 0.368. The number of aromatic nitrogens is 2. The fourth-order valence-corrected chi connectivity index (χ4v) is 3.52. The Hall–Kier alpha value is -3.00. The van der Waals surface area contributed by atoms with Crippen molar-refractivity contribution in [3.05, 3.63) is 53.9 Å². The number of amides is 3. The monoisotopic (exact) mass is 367 g/mol. The summed E-state index contributed by atoms with van der Waals surface area (Å²) < 4.78 is 1.89. The number of piperazine rings is 1. The van der Waals surface area contributed by atoms with E-state index in [0.717, 1.165) is 31.1 Å². The van der Waals surface area contributed by atoms with Crippen molar-refractivity contribution < 1.29 is 14.4 Å². The summed E-state index contributed by atoms with van der Waals surface area (Å²) in [6.45, 7) is 4.24. The zero-order chi connectivity index (χ0) is 18.8. The molecule has 1 fully saturated rings. The maximum absolute atomic E-state index is 12.6. The van der Waals surface area contributed by atoms with E-state index < -0.39 is 0 Å². The first-order valence-electron chi connectivity index (χ1n) is 9.06. The second kappa shape index (κ2) is 7.32. The Balaban J connectivity index is 1.29. The second-order valence-corrected chi connectivity index (χ2v) is 6.73. The highest BCUT2D eigenvalue weighted by Crippen LogP contribution is 2.22. The Morgan fingerprint density at radius 2 is 1.59 bits per heavy atom. The van der Waals surface area contributed by atoms with Crippen molar-refractivity contribution in [3.63, 3.8) is 0 Å². The molecule has 3 amide bonds. The van der Waals surface area contributed by atoms with Crippen molar-refractivity contribution in [1.29, 1.82) is 0 Å². The van der Waals surface area contributed by atoms with Crippen LogP contribution in [0.3, 0.4) is 0 Å². The molecule has 3 heterocycles. The molecule has 2 aliphatic heterocycles. The van der Waals surface area contributed by atoms with Crippen molar-refractivity contribution in [1.82, 2.24) is 24.5 Å². The van der Waals surface area contributed by atoms with E-state index in [9.17, 15) is 14.4 Å². The number of hydrogen-bond donors (Lipinski definition) is 0. The van der Waals surface area contributed by atoms with Gasteiger partial charge in [-0.1, -0.05) is 12.1 Å². The Labute approximate surface area is 156 Å². The third kappa shape index (κ3) is 3.48. The summed E-state index contributed by atoms with van der Waals surface area (Å²) in [4.78, 5) is 42.4. The number of hydrogen-bond acceptors (Lipinski definition) is 5. The molecule has 0 radical (unpaired) electrons. The minimum absolute atomic E-state index is 0.184. The standard InChI is InChI=1S/C19H21N5O3/c25-17(14-24-18(26)15-4-1-2-5-16(15)19(24)27)22-11-8-21(9-12-22)10-13-23-7-3-6-20-23/h1-7H,8-14H2. The van der Waals surface area contributed by atoms with Crippen LogP contribution in [0.1, 0.15) is 20.7 Å². The lowest BCUT2D eigenvalue weighted by molar-refractivity contribution is -0.133. The molecule has 0 atom stereocenters. The van der Waals surface area contributed by atoms with Crippen molar-refractivity contribution in [2.45, 2.75) is 6.54 Å². The molecule has 4 rings (SSSR count). The number of benzene rings is 1. The summed E-state index contributed by atoms with van der Waals surface area (Å²) in [6.07, 6.45) is 3.69. The normalized spacial score (nSPS) is 17.5. The molecule has 140 valence electrons. The van der Waals surface area contributed by atoms with Gasteiger partial charge in [-0.2, -0.15) is 5.10 Å². The largest absolute Gasteiger partial charge is 0.339 e. The van der Waals surface area contributed by atoms with Gasteiger partial charge in [-0.15, -0.1) is 0 Å². The molecule has 0 spiro atoms. The summed E-state index contributed by atoms with van der Waals surface area (Å²) in [5, 5.41) is 4.19. The molecule has 2 aliphatic rings. The van der Waals surface area contributed by atoms with Crippen LogP contribution in [0.2, 0.25) is 0 Å². The van der Waals surface area contributed by atoms with Crippen molar-refractivity contribution in [3.8, 4) is 0 Å². The summed E-state index contributed by atoms with van der Waals surface area (Å²) in [5.74, 6) is -0.958. The van der Waals surface area contributed by atoms with Gasteiger partial charge >= 0.3 is 0 Å². The smallest absolute Gasteiger partial charge is 0.262 e. The van der Waals surface area contributed by atoms with Crippen LogP contribution in [-0.2, 0) is 11.3 Å². The van der Waals surface area contributed by atoms with Gasteiger partial charge in [0.2, 0.25) is 5.91 Å². The van der Waals surface area contributed by atoms with Gasteiger partial charge < -0.3 is 4.90 Å². The van der Waals surface area contributed by atoms with Gasteiger partial charge in [-0.3, -0.25) is 28.9 Å². The van der Waals surface area contributed by atoms with E-state index in [1.54, 1.807) is 35.4 Å². The van der Waals surface area contributed by atoms with E-state index in [2.05, 4.69) is 10.00 Å². The van der Waals surface area contributed by atoms with E-state index in [0.29, 0.717) is 24.2 Å². The van der Waals surface area contributed by atoms with Crippen molar-refractivity contribution in [2.24, 2.45) is 0 Å². The molecule has 8 nitrogen and oxygen atoms in total. The van der Waals surface area contributed by atoms with Gasteiger partial charge in [-0.05, 0) is 18.2 Å². The predicted octanol–water partition coefficient (Wildman–Crippen LogP) is 0.324.